The highest BCUT2D eigenvalue weighted by molar-refractivity contribution is 7.89. The minimum Gasteiger partial charge on any atom is -0.308 e. The van der Waals surface area contributed by atoms with E-state index in [1.54, 1.807) is 16.4 Å². The normalized spacial score (nSPS) is 22.8. The number of benzene rings is 1. The number of aromatic nitrogens is 1. The zero-order valence-electron chi connectivity index (χ0n) is 17.7. The van der Waals surface area contributed by atoms with Gasteiger partial charge in [-0.2, -0.15) is 4.31 Å². The molecule has 1 N–H and O–H groups in total. The predicted octanol–water partition coefficient (Wildman–Crippen LogP) is 3.63. The summed E-state index contributed by atoms with van der Waals surface area (Å²) in [5.41, 5.74) is 2.56. The molecule has 0 bridgehead atoms. The first-order valence-electron chi connectivity index (χ1n) is 10.6. The standard InChI is InChI=1S/C23H30N4O2S/c1-23(2)12-4-13-26(17-23)20-11-14-27(16-20)30(28,29)22-6-3-5-21(25-22)19-9-7-18(15-24)8-10-19/h3,5-10,15,20,24H,4,11-14,16-17H2,1-2H3. The van der Waals surface area contributed by atoms with Crippen LogP contribution in [-0.2, 0) is 10.0 Å². The summed E-state index contributed by atoms with van der Waals surface area (Å²) < 4.78 is 28.2. The van der Waals surface area contributed by atoms with E-state index in [1.807, 2.05) is 30.3 Å². The molecule has 1 atom stereocenters. The monoisotopic (exact) mass is 426 g/mol. The van der Waals surface area contributed by atoms with Crippen molar-refractivity contribution in [2.75, 3.05) is 26.2 Å². The third-order valence-corrected chi connectivity index (χ3v) is 8.04. The third-order valence-electron chi connectivity index (χ3n) is 6.27. The van der Waals surface area contributed by atoms with Crippen LogP contribution in [0.4, 0.5) is 0 Å². The van der Waals surface area contributed by atoms with Gasteiger partial charge in [0.05, 0.1) is 5.69 Å². The number of piperidine rings is 1. The highest BCUT2D eigenvalue weighted by Crippen LogP contribution is 2.32. The molecule has 30 heavy (non-hydrogen) atoms. The molecule has 6 nitrogen and oxygen atoms in total. The second-order valence-corrected chi connectivity index (χ2v) is 11.1. The van der Waals surface area contributed by atoms with E-state index in [-0.39, 0.29) is 11.1 Å². The molecule has 1 aromatic carbocycles. The average molecular weight is 427 g/mol. The van der Waals surface area contributed by atoms with Gasteiger partial charge in [-0.05, 0) is 48.9 Å². The molecule has 160 valence electrons. The first-order chi connectivity index (χ1) is 14.3. The van der Waals surface area contributed by atoms with Gasteiger partial charge in [0, 0.05) is 37.5 Å². The van der Waals surface area contributed by atoms with Crippen LogP contribution in [0.25, 0.3) is 11.3 Å². The molecule has 0 radical (unpaired) electrons. The lowest BCUT2D eigenvalue weighted by Crippen LogP contribution is -2.47. The molecule has 1 aromatic heterocycles. The molecule has 0 amide bonds. The molecular weight excluding hydrogens is 396 g/mol. The maximum Gasteiger partial charge on any atom is 0.260 e. The third kappa shape index (κ3) is 4.33. The fourth-order valence-corrected chi connectivity index (χ4v) is 6.05. The van der Waals surface area contributed by atoms with Crippen LogP contribution >= 0.6 is 0 Å². The molecule has 2 aromatic rings. The second kappa shape index (κ2) is 8.21. The summed E-state index contributed by atoms with van der Waals surface area (Å²) in [5.74, 6) is 0. The Balaban J connectivity index is 1.52. The van der Waals surface area contributed by atoms with E-state index in [9.17, 15) is 8.42 Å². The quantitative estimate of drug-likeness (QED) is 0.741. The van der Waals surface area contributed by atoms with Crippen molar-refractivity contribution in [2.24, 2.45) is 5.41 Å². The van der Waals surface area contributed by atoms with Crippen molar-refractivity contribution in [3.8, 4) is 11.3 Å². The Morgan fingerprint density at radius 3 is 2.60 bits per heavy atom. The molecule has 2 aliphatic heterocycles. The van der Waals surface area contributed by atoms with Gasteiger partial charge in [-0.3, -0.25) is 4.90 Å². The average Bonchev–Trinajstić information content (AvgIpc) is 3.24. The Morgan fingerprint density at radius 1 is 1.13 bits per heavy atom. The smallest absolute Gasteiger partial charge is 0.260 e. The first-order valence-corrected chi connectivity index (χ1v) is 12.0. The molecule has 7 heteroatoms. The predicted molar refractivity (Wildman–Crippen MR) is 119 cm³/mol. The summed E-state index contributed by atoms with van der Waals surface area (Å²) in [5, 5.41) is 7.42. The van der Waals surface area contributed by atoms with Crippen LogP contribution in [0.15, 0.2) is 47.5 Å². The van der Waals surface area contributed by atoms with Gasteiger partial charge in [-0.1, -0.05) is 44.2 Å². The summed E-state index contributed by atoms with van der Waals surface area (Å²) in [4.78, 5) is 6.95. The lowest BCUT2D eigenvalue weighted by Gasteiger charge is -2.41. The molecule has 0 aliphatic carbocycles. The Morgan fingerprint density at radius 2 is 1.90 bits per heavy atom. The minimum absolute atomic E-state index is 0.107. The Labute approximate surface area is 179 Å². The van der Waals surface area contributed by atoms with Crippen LogP contribution in [0.2, 0.25) is 0 Å². The van der Waals surface area contributed by atoms with E-state index in [0.29, 0.717) is 24.2 Å². The molecule has 2 saturated heterocycles. The van der Waals surface area contributed by atoms with Crippen molar-refractivity contribution in [3.05, 3.63) is 48.0 Å². The van der Waals surface area contributed by atoms with Crippen LogP contribution in [0.3, 0.4) is 0 Å². The van der Waals surface area contributed by atoms with Gasteiger partial charge in [-0.15, -0.1) is 0 Å². The number of sulfonamides is 1. The van der Waals surface area contributed by atoms with Gasteiger partial charge < -0.3 is 5.41 Å². The van der Waals surface area contributed by atoms with E-state index in [2.05, 4.69) is 23.7 Å². The van der Waals surface area contributed by atoms with E-state index in [1.165, 1.54) is 19.1 Å². The Bertz CT molecular complexity index is 1020. The highest BCUT2D eigenvalue weighted by Gasteiger charge is 2.38. The van der Waals surface area contributed by atoms with Gasteiger partial charge in [0.2, 0.25) is 0 Å². The van der Waals surface area contributed by atoms with E-state index in [0.717, 1.165) is 30.6 Å². The molecule has 2 aliphatic rings. The Hall–Kier alpha value is -2.09. The summed E-state index contributed by atoms with van der Waals surface area (Å²) >= 11 is 0. The lowest BCUT2D eigenvalue weighted by atomic mass is 9.83. The maximum absolute atomic E-state index is 13.3. The largest absolute Gasteiger partial charge is 0.308 e. The van der Waals surface area contributed by atoms with Gasteiger partial charge >= 0.3 is 0 Å². The van der Waals surface area contributed by atoms with Crippen molar-refractivity contribution in [3.63, 3.8) is 0 Å². The zero-order chi connectivity index (χ0) is 21.4. The van der Waals surface area contributed by atoms with Gasteiger partial charge in [-0.25, -0.2) is 13.4 Å². The van der Waals surface area contributed by atoms with Gasteiger partial charge in [0.15, 0.2) is 5.03 Å². The second-order valence-electron chi connectivity index (χ2n) is 9.17. The SMILES string of the molecule is CC1(C)CCCN(C2CCN(S(=O)(=O)c3cccc(-c4ccc(C=N)cc4)n3)C2)C1. The fraction of sp³-hybridized carbons (Fsp3) is 0.478. The minimum atomic E-state index is -3.62. The topological polar surface area (TPSA) is 77.4 Å². The van der Waals surface area contributed by atoms with Crippen molar-refractivity contribution >= 4 is 16.2 Å². The van der Waals surface area contributed by atoms with E-state index < -0.39 is 10.0 Å². The summed E-state index contributed by atoms with van der Waals surface area (Å²) in [6, 6.07) is 12.8. The number of likely N-dealkylation sites (tertiary alicyclic amines) is 1. The van der Waals surface area contributed by atoms with Gasteiger partial charge in [0.25, 0.3) is 10.0 Å². The molecule has 3 heterocycles. The van der Waals surface area contributed by atoms with E-state index >= 15 is 0 Å². The Kier molecular flexibility index (Phi) is 5.79. The number of hydrogen-bond acceptors (Lipinski definition) is 5. The van der Waals surface area contributed by atoms with Crippen molar-refractivity contribution in [1.29, 1.82) is 5.41 Å². The number of rotatable bonds is 5. The van der Waals surface area contributed by atoms with Crippen LogP contribution in [-0.4, -0.2) is 61.0 Å². The number of nitrogens with one attached hydrogen (secondary N) is 1. The molecule has 1 unspecified atom stereocenters. The van der Waals surface area contributed by atoms with E-state index in [4.69, 9.17) is 5.41 Å². The zero-order valence-corrected chi connectivity index (χ0v) is 18.5. The first kappa shape index (κ1) is 21.2. The van der Waals surface area contributed by atoms with Gasteiger partial charge in [0.1, 0.15) is 0 Å². The van der Waals surface area contributed by atoms with Crippen LogP contribution in [0, 0.1) is 10.8 Å². The fourth-order valence-electron chi connectivity index (χ4n) is 4.61. The summed E-state index contributed by atoms with van der Waals surface area (Å²) in [6.45, 7) is 7.77. The molecule has 0 saturated carbocycles. The van der Waals surface area contributed by atoms with Crippen LogP contribution in [0.1, 0.15) is 38.7 Å². The van der Waals surface area contributed by atoms with Crippen LogP contribution < -0.4 is 0 Å². The maximum atomic E-state index is 13.3. The van der Waals surface area contributed by atoms with Crippen molar-refractivity contribution < 1.29 is 8.42 Å². The molecule has 2 fully saturated rings. The number of hydrogen-bond donors (Lipinski definition) is 1. The number of nitrogens with zero attached hydrogens (tertiary/aromatic N) is 3. The summed E-state index contributed by atoms with van der Waals surface area (Å²) in [6.07, 6.45) is 4.57. The molecular formula is C23H30N4O2S. The molecule has 0 spiro atoms. The number of pyridine rings is 1. The molecule has 4 rings (SSSR count). The summed E-state index contributed by atoms with van der Waals surface area (Å²) in [7, 11) is -3.62. The lowest BCUT2D eigenvalue weighted by molar-refractivity contribution is 0.0831. The van der Waals surface area contributed by atoms with Crippen molar-refractivity contribution in [2.45, 2.75) is 44.2 Å². The highest BCUT2D eigenvalue weighted by atomic mass is 32.2. The van der Waals surface area contributed by atoms with Crippen molar-refractivity contribution in [1.82, 2.24) is 14.2 Å². The van der Waals surface area contributed by atoms with Crippen LogP contribution in [0.5, 0.6) is 0 Å².